The van der Waals surface area contributed by atoms with Crippen LogP contribution < -0.4 is 10.2 Å². The molecule has 9 nitrogen and oxygen atoms in total. The van der Waals surface area contributed by atoms with Crippen LogP contribution in [0.15, 0.2) is 47.3 Å². The number of anilines is 2. The van der Waals surface area contributed by atoms with Gasteiger partial charge in [-0.2, -0.15) is 5.10 Å². The topological polar surface area (TPSA) is 109 Å². The first kappa shape index (κ1) is 19.3. The zero-order valence-corrected chi connectivity index (χ0v) is 17.2. The van der Waals surface area contributed by atoms with E-state index in [4.69, 9.17) is 4.42 Å². The Balaban J connectivity index is 1.47. The number of aromatic nitrogens is 4. The van der Waals surface area contributed by atoms with Crippen molar-refractivity contribution in [3.05, 3.63) is 54.3 Å². The van der Waals surface area contributed by atoms with Gasteiger partial charge in [0, 0.05) is 43.0 Å². The maximum Gasteiger partial charge on any atom is 0.277 e. The van der Waals surface area contributed by atoms with E-state index >= 15 is 0 Å². The molecule has 3 aromatic heterocycles. The number of amides is 1. The van der Waals surface area contributed by atoms with E-state index in [9.17, 15) is 9.90 Å². The molecule has 4 aromatic rings. The van der Waals surface area contributed by atoms with Crippen molar-refractivity contribution >= 4 is 28.2 Å². The molecule has 0 saturated carbocycles. The minimum absolute atomic E-state index is 0.182. The highest BCUT2D eigenvalue weighted by Crippen LogP contribution is 2.34. The van der Waals surface area contributed by atoms with Gasteiger partial charge in [0.2, 0.25) is 5.89 Å². The highest BCUT2D eigenvalue weighted by Gasteiger charge is 2.25. The highest BCUT2D eigenvalue weighted by atomic mass is 16.3. The van der Waals surface area contributed by atoms with E-state index in [1.54, 1.807) is 23.1 Å². The Morgan fingerprint density at radius 3 is 2.97 bits per heavy atom. The highest BCUT2D eigenvalue weighted by molar-refractivity contribution is 6.06. The van der Waals surface area contributed by atoms with Gasteiger partial charge >= 0.3 is 0 Å². The smallest absolute Gasteiger partial charge is 0.277 e. The van der Waals surface area contributed by atoms with Gasteiger partial charge in [0.1, 0.15) is 6.26 Å². The average Bonchev–Trinajstić information content (AvgIpc) is 3.48. The summed E-state index contributed by atoms with van der Waals surface area (Å²) in [5, 5.41) is 18.2. The normalized spacial score (nSPS) is 16.2. The fourth-order valence-electron chi connectivity index (χ4n) is 3.89. The first-order valence-electron chi connectivity index (χ1n) is 10.1. The predicted octanol–water partition coefficient (Wildman–Crippen LogP) is 2.76. The SMILES string of the molecule is Cc1cc(-c2nc(C(=O)Nc3cc4c(cnn4C)cc3N3CCC(O)C3)co2)ccn1. The number of nitrogens with zero attached hydrogens (tertiary/aromatic N) is 5. The van der Waals surface area contributed by atoms with Crippen molar-refractivity contribution in [3.8, 4) is 11.5 Å². The predicted molar refractivity (Wildman–Crippen MR) is 116 cm³/mol. The zero-order valence-electron chi connectivity index (χ0n) is 17.2. The van der Waals surface area contributed by atoms with Crippen LogP contribution in [0.3, 0.4) is 0 Å². The minimum Gasteiger partial charge on any atom is -0.444 e. The monoisotopic (exact) mass is 418 g/mol. The van der Waals surface area contributed by atoms with E-state index < -0.39 is 0 Å². The number of aryl methyl sites for hydroxylation is 2. The Morgan fingerprint density at radius 1 is 1.32 bits per heavy atom. The molecule has 1 unspecified atom stereocenters. The summed E-state index contributed by atoms with van der Waals surface area (Å²) in [7, 11) is 1.85. The minimum atomic E-state index is -0.380. The Morgan fingerprint density at radius 2 is 2.19 bits per heavy atom. The first-order valence-corrected chi connectivity index (χ1v) is 10.1. The standard InChI is InChI=1S/C22H22N6O3/c1-13-7-14(3-5-23-13)22-26-18(12-31-22)21(30)25-17-9-19-15(10-24-27(19)2)8-20(17)28-6-4-16(29)11-28/h3,5,7-10,12,16,29H,4,6,11H2,1-2H3,(H,25,30). The van der Waals surface area contributed by atoms with Crippen LogP contribution in [-0.4, -0.2) is 50.0 Å². The summed E-state index contributed by atoms with van der Waals surface area (Å²) >= 11 is 0. The summed E-state index contributed by atoms with van der Waals surface area (Å²) in [6.07, 6.45) is 5.13. The molecule has 0 spiro atoms. The Labute approximate surface area is 178 Å². The molecular formula is C22H22N6O3. The Bertz CT molecular complexity index is 1280. The van der Waals surface area contributed by atoms with Crippen LogP contribution in [-0.2, 0) is 7.05 Å². The first-order chi connectivity index (χ1) is 15.0. The van der Waals surface area contributed by atoms with Crippen molar-refractivity contribution in [2.24, 2.45) is 7.05 Å². The second-order valence-electron chi connectivity index (χ2n) is 7.76. The van der Waals surface area contributed by atoms with Crippen LogP contribution in [0, 0.1) is 6.92 Å². The van der Waals surface area contributed by atoms with E-state index in [-0.39, 0.29) is 17.7 Å². The molecule has 9 heteroatoms. The third-order valence-corrected chi connectivity index (χ3v) is 5.50. The molecule has 0 radical (unpaired) electrons. The molecule has 2 N–H and O–H groups in total. The molecule has 1 saturated heterocycles. The summed E-state index contributed by atoms with van der Waals surface area (Å²) in [6, 6.07) is 7.52. The number of rotatable bonds is 4. The van der Waals surface area contributed by atoms with Gasteiger partial charge in [0.25, 0.3) is 5.91 Å². The summed E-state index contributed by atoms with van der Waals surface area (Å²) in [6.45, 7) is 3.11. The second-order valence-corrected chi connectivity index (χ2v) is 7.76. The van der Waals surface area contributed by atoms with Crippen LogP contribution in [0.25, 0.3) is 22.4 Å². The molecule has 1 fully saturated rings. The fourth-order valence-corrected chi connectivity index (χ4v) is 3.89. The van der Waals surface area contributed by atoms with Crippen molar-refractivity contribution in [1.29, 1.82) is 0 Å². The number of β-amino-alcohol motifs (C(OH)–C–C–N with tert-alkyl or cyclic N) is 1. The number of aliphatic hydroxyl groups is 1. The van der Waals surface area contributed by atoms with E-state index in [1.807, 2.05) is 32.2 Å². The quantitative estimate of drug-likeness (QED) is 0.524. The Hall–Kier alpha value is -3.72. The van der Waals surface area contributed by atoms with Gasteiger partial charge in [0.05, 0.1) is 29.2 Å². The molecule has 1 atom stereocenters. The van der Waals surface area contributed by atoms with Crippen LogP contribution in [0.4, 0.5) is 11.4 Å². The van der Waals surface area contributed by atoms with Crippen molar-refractivity contribution < 1.29 is 14.3 Å². The largest absolute Gasteiger partial charge is 0.444 e. The third kappa shape index (κ3) is 3.64. The summed E-state index contributed by atoms with van der Waals surface area (Å²) in [5.74, 6) is -0.0103. The molecule has 1 aliphatic rings. The van der Waals surface area contributed by atoms with Crippen LogP contribution in [0.2, 0.25) is 0 Å². The van der Waals surface area contributed by atoms with Gasteiger partial charge in [-0.15, -0.1) is 0 Å². The van der Waals surface area contributed by atoms with Gasteiger partial charge < -0.3 is 19.7 Å². The number of nitrogens with one attached hydrogen (secondary N) is 1. The van der Waals surface area contributed by atoms with Crippen molar-refractivity contribution in [2.45, 2.75) is 19.4 Å². The van der Waals surface area contributed by atoms with Gasteiger partial charge in [-0.05, 0) is 37.6 Å². The number of carbonyl (C=O) groups excluding carboxylic acids is 1. The molecule has 31 heavy (non-hydrogen) atoms. The van der Waals surface area contributed by atoms with Crippen LogP contribution in [0.5, 0.6) is 0 Å². The van der Waals surface area contributed by atoms with Crippen LogP contribution in [0.1, 0.15) is 22.6 Å². The molecule has 1 amide bonds. The number of oxazole rings is 1. The number of benzene rings is 1. The van der Waals surface area contributed by atoms with E-state index in [2.05, 4.69) is 25.3 Å². The molecule has 4 heterocycles. The average molecular weight is 418 g/mol. The van der Waals surface area contributed by atoms with Crippen molar-refractivity contribution in [2.75, 3.05) is 23.3 Å². The summed E-state index contributed by atoms with van der Waals surface area (Å²) in [4.78, 5) is 23.6. The van der Waals surface area contributed by atoms with Crippen molar-refractivity contribution in [3.63, 3.8) is 0 Å². The third-order valence-electron chi connectivity index (χ3n) is 5.50. The van der Waals surface area contributed by atoms with Gasteiger partial charge in [-0.3, -0.25) is 14.5 Å². The van der Waals surface area contributed by atoms with Gasteiger partial charge in [0.15, 0.2) is 5.69 Å². The number of pyridine rings is 1. The zero-order chi connectivity index (χ0) is 21.5. The van der Waals surface area contributed by atoms with E-state index in [0.29, 0.717) is 31.1 Å². The molecule has 0 bridgehead atoms. The molecular weight excluding hydrogens is 396 g/mol. The lowest BCUT2D eigenvalue weighted by atomic mass is 10.1. The van der Waals surface area contributed by atoms with Crippen molar-refractivity contribution in [1.82, 2.24) is 19.7 Å². The lowest BCUT2D eigenvalue weighted by molar-refractivity contribution is 0.102. The van der Waals surface area contributed by atoms with E-state index in [1.165, 1.54) is 6.26 Å². The summed E-state index contributed by atoms with van der Waals surface area (Å²) in [5.41, 5.74) is 4.16. The number of aliphatic hydroxyl groups excluding tert-OH is 1. The number of carbonyl (C=O) groups is 1. The Kier molecular flexibility index (Phi) is 4.67. The van der Waals surface area contributed by atoms with E-state index in [0.717, 1.165) is 27.8 Å². The second kappa shape index (κ2) is 7.51. The number of fused-ring (bicyclic) bond motifs is 1. The fraction of sp³-hybridized carbons (Fsp3) is 0.273. The lowest BCUT2D eigenvalue weighted by Crippen LogP contribution is -2.23. The van der Waals surface area contributed by atoms with Gasteiger partial charge in [-0.25, -0.2) is 4.98 Å². The number of hydrogen-bond acceptors (Lipinski definition) is 7. The number of hydrogen-bond donors (Lipinski definition) is 2. The molecule has 1 aromatic carbocycles. The van der Waals surface area contributed by atoms with Gasteiger partial charge in [-0.1, -0.05) is 0 Å². The lowest BCUT2D eigenvalue weighted by Gasteiger charge is -2.22. The van der Waals surface area contributed by atoms with Crippen LogP contribution >= 0.6 is 0 Å². The molecule has 0 aliphatic carbocycles. The molecule has 5 rings (SSSR count). The maximum atomic E-state index is 13.0. The maximum absolute atomic E-state index is 13.0. The molecule has 1 aliphatic heterocycles. The molecule has 158 valence electrons. The summed E-state index contributed by atoms with van der Waals surface area (Å²) < 4.78 is 7.29.